The lowest BCUT2D eigenvalue weighted by Crippen LogP contribution is -2.36. The SMILES string of the molecule is COc1ccc(C)[n+]([O-])c1-c1ccc(C(F)(F)F)cc1CN1C(O)O[C@H](c2cc(C(F)(F)F)cc(C(F)(F)F)c2)[C@@H]1C. The molecular weight excluding hydrogens is 587 g/mol. The van der Waals surface area contributed by atoms with Gasteiger partial charge in [0, 0.05) is 25.6 Å². The van der Waals surface area contributed by atoms with Crippen molar-refractivity contribution in [1.29, 1.82) is 0 Å². The van der Waals surface area contributed by atoms with Gasteiger partial charge in [-0.15, -0.1) is 0 Å². The van der Waals surface area contributed by atoms with E-state index in [1.165, 1.54) is 33.1 Å². The number of pyridine rings is 1. The first-order valence-corrected chi connectivity index (χ1v) is 12.2. The molecule has 3 aromatic rings. The van der Waals surface area contributed by atoms with Crippen LogP contribution in [0.15, 0.2) is 48.5 Å². The lowest BCUT2D eigenvalue weighted by atomic mass is 9.96. The maximum atomic E-state index is 13.6. The summed E-state index contributed by atoms with van der Waals surface area (Å²) in [6.07, 6.45) is -18.5. The van der Waals surface area contributed by atoms with Crippen molar-refractivity contribution in [3.05, 3.63) is 87.2 Å². The summed E-state index contributed by atoms with van der Waals surface area (Å²) in [5.41, 5.74) is -4.96. The summed E-state index contributed by atoms with van der Waals surface area (Å²) in [6, 6.07) is 5.09. The molecule has 1 aliphatic rings. The van der Waals surface area contributed by atoms with Gasteiger partial charge >= 0.3 is 18.5 Å². The predicted octanol–water partition coefficient (Wildman–Crippen LogP) is 6.60. The number of aliphatic hydroxyl groups excluding tert-OH is 1. The van der Waals surface area contributed by atoms with E-state index in [1.807, 2.05) is 0 Å². The number of aryl methyl sites for hydroxylation is 1. The summed E-state index contributed by atoms with van der Waals surface area (Å²) in [4.78, 5) is 1.05. The summed E-state index contributed by atoms with van der Waals surface area (Å²) in [7, 11) is 1.24. The molecule has 6 nitrogen and oxygen atoms in total. The zero-order valence-corrected chi connectivity index (χ0v) is 22.0. The molecule has 0 radical (unpaired) electrons. The summed E-state index contributed by atoms with van der Waals surface area (Å²) in [5.74, 6) is 0.0180. The Morgan fingerprint density at radius 3 is 1.98 bits per heavy atom. The van der Waals surface area contributed by atoms with Gasteiger partial charge in [-0.25, -0.2) is 4.90 Å². The van der Waals surface area contributed by atoms with Gasteiger partial charge in [-0.2, -0.15) is 44.2 Å². The zero-order valence-electron chi connectivity index (χ0n) is 22.0. The van der Waals surface area contributed by atoms with Gasteiger partial charge in [0.15, 0.2) is 11.4 Å². The Balaban J connectivity index is 1.80. The third-order valence-electron chi connectivity index (χ3n) is 6.95. The molecule has 1 aromatic heterocycles. The van der Waals surface area contributed by atoms with E-state index in [0.29, 0.717) is 16.9 Å². The summed E-state index contributed by atoms with van der Waals surface area (Å²) < 4.78 is 133. The first-order valence-electron chi connectivity index (χ1n) is 12.2. The standard InChI is InChI=1S/C27H23F9N2O4/c1-13-4-7-21(41-3)22(38(13)40)20-6-5-17(25(28,29)30)10-16(20)12-37-14(2)23(42-24(37)39)15-8-18(26(31,32)33)11-19(9-15)27(34,35)36/h4-11,14,23-24,39H,12H2,1-3H3/t14-,23-,24?/m0/s1. The summed E-state index contributed by atoms with van der Waals surface area (Å²) in [6.45, 7) is 2.23. The van der Waals surface area contributed by atoms with Gasteiger partial charge < -0.3 is 19.8 Å². The highest BCUT2D eigenvalue weighted by atomic mass is 19.4. The Kier molecular flexibility index (Phi) is 8.17. The molecule has 0 amide bonds. The molecule has 2 heterocycles. The molecule has 1 fully saturated rings. The average Bonchev–Trinajstić information content (AvgIpc) is 3.17. The minimum Gasteiger partial charge on any atom is -0.618 e. The molecule has 15 heteroatoms. The highest BCUT2D eigenvalue weighted by Gasteiger charge is 2.44. The molecule has 228 valence electrons. The van der Waals surface area contributed by atoms with E-state index in [0.717, 1.165) is 23.1 Å². The van der Waals surface area contributed by atoms with Crippen LogP contribution in [0.5, 0.6) is 5.75 Å². The van der Waals surface area contributed by atoms with Crippen molar-refractivity contribution in [2.75, 3.05) is 7.11 Å². The van der Waals surface area contributed by atoms with Gasteiger partial charge in [0.1, 0.15) is 6.10 Å². The van der Waals surface area contributed by atoms with Gasteiger partial charge in [0.05, 0.1) is 29.4 Å². The molecule has 42 heavy (non-hydrogen) atoms. The van der Waals surface area contributed by atoms with Crippen molar-refractivity contribution in [1.82, 2.24) is 4.90 Å². The molecule has 1 unspecified atom stereocenters. The topological polar surface area (TPSA) is 68.9 Å². The normalized spacial score (nSPS) is 20.3. The lowest BCUT2D eigenvalue weighted by Gasteiger charge is -2.26. The van der Waals surface area contributed by atoms with Gasteiger partial charge in [0.25, 0.3) is 5.69 Å². The van der Waals surface area contributed by atoms with Crippen LogP contribution in [0.4, 0.5) is 39.5 Å². The maximum absolute atomic E-state index is 13.6. The number of rotatable bonds is 5. The maximum Gasteiger partial charge on any atom is 0.416 e. The first kappa shape index (κ1) is 31.4. The minimum absolute atomic E-state index is 0.0140. The number of benzene rings is 2. The summed E-state index contributed by atoms with van der Waals surface area (Å²) >= 11 is 0. The van der Waals surface area contributed by atoms with Crippen LogP contribution in [0.3, 0.4) is 0 Å². The van der Waals surface area contributed by atoms with E-state index in [2.05, 4.69) is 0 Å². The zero-order chi connectivity index (χ0) is 31.4. The Hall–Kier alpha value is -3.56. The molecule has 2 aromatic carbocycles. The van der Waals surface area contributed by atoms with E-state index >= 15 is 0 Å². The number of aliphatic hydroxyl groups is 1. The number of halogens is 9. The molecular formula is C27H23F9N2O4. The van der Waals surface area contributed by atoms with Crippen molar-refractivity contribution in [3.63, 3.8) is 0 Å². The van der Waals surface area contributed by atoms with Crippen molar-refractivity contribution < 1.29 is 58.8 Å². The van der Waals surface area contributed by atoms with E-state index in [4.69, 9.17) is 9.47 Å². The number of aromatic nitrogens is 1. The number of hydrogen-bond donors (Lipinski definition) is 1. The number of hydrogen-bond acceptors (Lipinski definition) is 5. The fourth-order valence-electron chi connectivity index (χ4n) is 4.78. The van der Waals surface area contributed by atoms with Crippen molar-refractivity contribution in [3.8, 4) is 17.0 Å². The fourth-order valence-corrected chi connectivity index (χ4v) is 4.78. The molecule has 0 saturated carbocycles. The van der Waals surface area contributed by atoms with Crippen molar-refractivity contribution in [2.24, 2.45) is 0 Å². The predicted molar refractivity (Wildman–Crippen MR) is 128 cm³/mol. The van der Waals surface area contributed by atoms with Crippen LogP contribution in [0.2, 0.25) is 0 Å². The Labute approximate surface area is 233 Å². The van der Waals surface area contributed by atoms with Crippen LogP contribution < -0.4 is 9.47 Å². The van der Waals surface area contributed by atoms with Crippen molar-refractivity contribution in [2.45, 2.75) is 57.5 Å². The molecule has 1 aliphatic heterocycles. The van der Waals surface area contributed by atoms with Crippen LogP contribution in [-0.4, -0.2) is 29.6 Å². The largest absolute Gasteiger partial charge is 0.618 e. The highest BCUT2D eigenvalue weighted by Crippen LogP contribution is 2.43. The third-order valence-corrected chi connectivity index (χ3v) is 6.95. The number of alkyl halides is 9. The van der Waals surface area contributed by atoms with Crippen LogP contribution >= 0.6 is 0 Å². The summed E-state index contributed by atoms with van der Waals surface area (Å²) in [5, 5.41) is 23.6. The second-order valence-electron chi connectivity index (χ2n) is 9.69. The quantitative estimate of drug-likeness (QED) is 0.201. The molecule has 4 rings (SSSR count). The van der Waals surface area contributed by atoms with Gasteiger partial charge in [-0.3, -0.25) is 0 Å². The van der Waals surface area contributed by atoms with E-state index in [-0.39, 0.29) is 34.3 Å². The van der Waals surface area contributed by atoms with Crippen LogP contribution in [0.25, 0.3) is 11.3 Å². The van der Waals surface area contributed by atoms with Crippen LogP contribution in [0.1, 0.15) is 46.5 Å². The van der Waals surface area contributed by atoms with Crippen molar-refractivity contribution >= 4 is 0 Å². The molecule has 1 saturated heterocycles. The van der Waals surface area contributed by atoms with Crippen LogP contribution in [0, 0.1) is 12.1 Å². The molecule has 0 bridgehead atoms. The molecule has 1 N–H and O–H groups in total. The first-order chi connectivity index (χ1) is 19.3. The number of ether oxygens (including phenoxy) is 2. The van der Waals surface area contributed by atoms with E-state index in [1.54, 1.807) is 0 Å². The van der Waals surface area contributed by atoms with Crippen LogP contribution in [-0.2, 0) is 29.8 Å². The molecule has 0 spiro atoms. The van der Waals surface area contributed by atoms with Gasteiger partial charge in [0.2, 0.25) is 6.41 Å². The van der Waals surface area contributed by atoms with E-state index < -0.39 is 65.9 Å². The average molecular weight is 610 g/mol. The second kappa shape index (κ2) is 10.9. The van der Waals surface area contributed by atoms with Gasteiger partial charge in [-0.1, -0.05) is 0 Å². The Bertz CT molecular complexity index is 1440. The lowest BCUT2D eigenvalue weighted by molar-refractivity contribution is -0.601. The molecule has 0 aliphatic carbocycles. The smallest absolute Gasteiger partial charge is 0.416 e. The minimum atomic E-state index is -5.14. The highest BCUT2D eigenvalue weighted by molar-refractivity contribution is 5.68. The fraction of sp³-hybridized carbons (Fsp3) is 0.370. The van der Waals surface area contributed by atoms with Gasteiger partial charge in [-0.05, 0) is 60.5 Å². The Morgan fingerprint density at radius 2 is 1.45 bits per heavy atom. The third kappa shape index (κ3) is 6.13. The monoisotopic (exact) mass is 610 g/mol. The number of nitrogens with zero attached hydrogens (tertiary/aromatic N) is 2. The second-order valence-corrected chi connectivity index (χ2v) is 9.69. The number of methoxy groups -OCH3 is 1. The Morgan fingerprint density at radius 1 is 0.881 bits per heavy atom. The van der Waals surface area contributed by atoms with E-state index in [9.17, 15) is 49.8 Å². The molecule has 3 atom stereocenters.